The standard InChI is InChI=1S/C13H15N3O2.2ClH/c1-9-2-3-11-10(15-9)8-12(18-11)13(17)16-6-4-14-5-7-16;;/h2-3,8,14H,4-7H2,1H3;2*1H. The molecule has 0 aromatic carbocycles. The van der Waals surface area contributed by atoms with Crippen molar-refractivity contribution in [3.05, 3.63) is 29.7 Å². The van der Waals surface area contributed by atoms with E-state index >= 15 is 0 Å². The van der Waals surface area contributed by atoms with Crippen LogP contribution in [-0.4, -0.2) is 42.0 Å². The summed E-state index contributed by atoms with van der Waals surface area (Å²) in [6, 6.07) is 5.46. The summed E-state index contributed by atoms with van der Waals surface area (Å²) in [5.41, 5.74) is 2.33. The zero-order valence-electron chi connectivity index (χ0n) is 11.1. The van der Waals surface area contributed by atoms with Crippen molar-refractivity contribution in [2.24, 2.45) is 0 Å². The lowest BCUT2D eigenvalue weighted by Crippen LogP contribution is -2.46. The predicted octanol–water partition coefficient (Wildman–Crippen LogP) is 2.03. The number of furan rings is 1. The minimum atomic E-state index is -0.0489. The van der Waals surface area contributed by atoms with Crippen LogP contribution in [0.2, 0.25) is 0 Å². The summed E-state index contributed by atoms with van der Waals surface area (Å²) in [7, 11) is 0. The van der Waals surface area contributed by atoms with E-state index in [1.165, 1.54) is 0 Å². The molecule has 0 aliphatic carbocycles. The van der Waals surface area contributed by atoms with Gasteiger partial charge in [0.2, 0.25) is 0 Å². The van der Waals surface area contributed by atoms with Crippen LogP contribution in [0.1, 0.15) is 16.2 Å². The van der Waals surface area contributed by atoms with E-state index in [1.807, 2.05) is 19.1 Å². The maximum atomic E-state index is 12.2. The highest BCUT2D eigenvalue weighted by Crippen LogP contribution is 2.19. The fourth-order valence-corrected chi connectivity index (χ4v) is 2.15. The number of nitrogens with zero attached hydrogens (tertiary/aromatic N) is 2. The molecular formula is C13H17Cl2N3O2. The van der Waals surface area contributed by atoms with Gasteiger partial charge in [0.1, 0.15) is 5.52 Å². The number of rotatable bonds is 1. The van der Waals surface area contributed by atoms with Crippen LogP contribution in [-0.2, 0) is 0 Å². The molecule has 1 saturated heterocycles. The fourth-order valence-electron chi connectivity index (χ4n) is 2.15. The molecule has 110 valence electrons. The van der Waals surface area contributed by atoms with Gasteiger partial charge in [-0.2, -0.15) is 0 Å². The topological polar surface area (TPSA) is 58.4 Å². The molecule has 1 aliphatic rings. The molecule has 7 heteroatoms. The Labute approximate surface area is 129 Å². The van der Waals surface area contributed by atoms with Gasteiger partial charge < -0.3 is 14.6 Å². The van der Waals surface area contributed by atoms with Crippen molar-refractivity contribution in [3.63, 3.8) is 0 Å². The second-order valence-electron chi connectivity index (χ2n) is 4.49. The Morgan fingerprint density at radius 3 is 2.70 bits per heavy atom. The molecule has 1 amide bonds. The average Bonchev–Trinajstić information content (AvgIpc) is 2.81. The summed E-state index contributed by atoms with van der Waals surface area (Å²) in [5, 5.41) is 3.22. The first-order valence-electron chi connectivity index (χ1n) is 6.11. The van der Waals surface area contributed by atoms with Gasteiger partial charge in [0.05, 0.1) is 0 Å². The number of carbonyl (C=O) groups is 1. The van der Waals surface area contributed by atoms with Crippen molar-refractivity contribution < 1.29 is 9.21 Å². The Bertz CT molecular complexity index is 594. The fraction of sp³-hybridized carbons (Fsp3) is 0.385. The third-order valence-electron chi connectivity index (χ3n) is 3.13. The smallest absolute Gasteiger partial charge is 0.289 e. The molecule has 0 spiro atoms. The number of piperazine rings is 1. The predicted molar refractivity (Wildman–Crippen MR) is 82.0 cm³/mol. The number of carbonyl (C=O) groups excluding carboxylic acids is 1. The highest BCUT2D eigenvalue weighted by atomic mass is 35.5. The summed E-state index contributed by atoms with van der Waals surface area (Å²) in [6.45, 7) is 5.04. The van der Waals surface area contributed by atoms with Gasteiger partial charge in [-0.1, -0.05) is 0 Å². The van der Waals surface area contributed by atoms with Crippen LogP contribution in [0.25, 0.3) is 11.1 Å². The van der Waals surface area contributed by atoms with Crippen LogP contribution in [0, 0.1) is 6.92 Å². The normalized spacial score (nSPS) is 14.6. The van der Waals surface area contributed by atoms with Crippen molar-refractivity contribution in [2.75, 3.05) is 26.2 Å². The first kappa shape index (κ1) is 16.8. The number of hydrogen-bond donors (Lipinski definition) is 1. The number of aromatic nitrogens is 1. The van der Waals surface area contributed by atoms with E-state index in [4.69, 9.17) is 4.42 Å². The second kappa shape index (κ2) is 6.92. The lowest BCUT2D eigenvalue weighted by atomic mass is 10.3. The molecule has 5 nitrogen and oxygen atoms in total. The van der Waals surface area contributed by atoms with Gasteiger partial charge in [0.25, 0.3) is 5.91 Å². The van der Waals surface area contributed by atoms with Crippen molar-refractivity contribution in [1.82, 2.24) is 15.2 Å². The number of nitrogens with one attached hydrogen (secondary N) is 1. The average molecular weight is 318 g/mol. The van der Waals surface area contributed by atoms with Gasteiger partial charge in [0.15, 0.2) is 11.3 Å². The maximum absolute atomic E-state index is 12.2. The Morgan fingerprint density at radius 2 is 2.00 bits per heavy atom. The largest absolute Gasteiger partial charge is 0.449 e. The van der Waals surface area contributed by atoms with Crippen molar-refractivity contribution in [2.45, 2.75) is 6.92 Å². The molecule has 0 bridgehead atoms. The summed E-state index contributed by atoms with van der Waals surface area (Å²) in [6.07, 6.45) is 0. The van der Waals surface area contributed by atoms with Crippen molar-refractivity contribution >= 4 is 41.8 Å². The number of fused-ring (bicyclic) bond motifs is 1. The van der Waals surface area contributed by atoms with Crippen LogP contribution in [0.3, 0.4) is 0 Å². The molecule has 2 aromatic heterocycles. The van der Waals surface area contributed by atoms with Gasteiger partial charge in [0, 0.05) is 37.9 Å². The van der Waals surface area contributed by atoms with E-state index in [9.17, 15) is 4.79 Å². The zero-order valence-corrected chi connectivity index (χ0v) is 12.7. The van der Waals surface area contributed by atoms with Gasteiger partial charge in [-0.15, -0.1) is 24.8 Å². The minimum absolute atomic E-state index is 0. The highest BCUT2D eigenvalue weighted by molar-refractivity contribution is 5.95. The number of hydrogen-bond acceptors (Lipinski definition) is 4. The summed E-state index contributed by atoms with van der Waals surface area (Å²) < 4.78 is 5.56. The second-order valence-corrected chi connectivity index (χ2v) is 4.49. The monoisotopic (exact) mass is 317 g/mol. The van der Waals surface area contributed by atoms with Gasteiger partial charge >= 0.3 is 0 Å². The van der Waals surface area contributed by atoms with E-state index < -0.39 is 0 Å². The van der Waals surface area contributed by atoms with E-state index in [0.717, 1.165) is 37.4 Å². The number of halogens is 2. The highest BCUT2D eigenvalue weighted by Gasteiger charge is 2.21. The number of aryl methyl sites for hydroxylation is 1. The number of amides is 1. The Kier molecular flexibility index (Phi) is 5.80. The van der Waals surface area contributed by atoms with Crippen LogP contribution in [0.4, 0.5) is 0 Å². The third-order valence-corrected chi connectivity index (χ3v) is 3.13. The van der Waals surface area contributed by atoms with E-state index in [-0.39, 0.29) is 30.7 Å². The van der Waals surface area contributed by atoms with Gasteiger partial charge in [-0.3, -0.25) is 4.79 Å². The Balaban J connectivity index is 0.000001000. The first-order chi connectivity index (χ1) is 8.74. The van der Waals surface area contributed by atoms with Crippen LogP contribution in [0.15, 0.2) is 22.6 Å². The van der Waals surface area contributed by atoms with E-state index in [0.29, 0.717) is 11.3 Å². The van der Waals surface area contributed by atoms with Crippen molar-refractivity contribution in [3.8, 4) is 0 Å². The molecular weight excluding hydrogens is 301 g/mol. The first-order valence-corrected chi connectivity index (χ1v) is 6.11. The zero-order chi connectivity index (χ0) is 12.5. The summed E-state index contributed by atoms with van der Waals surface area (Å²) >= 11 is 0. The number of pyridine rings is 1. The van der Waals surface area contributed by atoms with E-state index in [1.54, 1.807) is 11.0 Å². The molecule has 0 unspecified atom stereocenters. The molecule has 1 fully saturated rings. The van der Waals surface area contributed by atoms with Gasteiger partial charge in [-0.05, 0) is 19.1 Å². The molecule has 0 atom stereocenters. The molecule has 1 N–H and O–H groups in total. The van der Waals surface area contributed by atoms with Crippen LogP contribution in [0.5, 0.6) is 0 Å². The Morgan fingerprint density at radius 1 is 1.30 bits per heavy atom. The quantitative estimate of drug-likeness (QED) is 0.874. The minimum Gasteiger partial charge on any atom is -0.449 e. The summed E-state index contributed by atoms with van der Waals surface area (Å²) in [4.78, 5) is 18.4. The molecule has 1 aliphatic heterocycles. The Hall–Kier alpha value is -1.30. The lowest BCUT2D eigenvalue weighted by molar-refractivity contribution is 0.0706. The maximum Gasteiger partial charge on any atom is 0.289 e. The molecule has 3 heterocycles. The molecule has 0 radical (unpaired) electrons. The van der Waals surface area contributed by atoms with Crippen LogP contribution >= 0.6 is 24.8 Å². The SMILES string of the molecule is Cc1ccc2oc(C(=O)N3CCNCC3)cc2n1.Cl.Cl. The lowest BCUT2D eigenvalue weighted by Gasteiger charge is -2.26. The molecule has 3 rings (SSSR count). The van der Waals surface area contributed by atoms with Crippen molar-refractivity contribution in [1.29, 1.82) is 0 Å². The third kappa shape index (κ3) is 3.23. The molecule has 20 heavy (non-hydrogen) atoms. The summed E-state index contributed by atoms with van der Waals surface area (Å²) in [5.74, 6) is 0.331. The van der Waals surface area contributed by atoms with E-state index in [2.05, 4.69) is 10.3 Å². The van der Waals surface area contributed by atoms with Crippen LogP contribution < -0.4 is 5.32 Å². The molecule has 2 aromatic rings. The molecule has 0 saturated carbocycles. The van der Waals surface area contributed by atoms with Gasteiger partial charge in [-0.25, -0.2) is 4.98 Å².